The van der Waals surface area contributed by atoms with Crippen molar-refractivity contribution in [1.82, 2.24) is 5.32 Å². The van der Waals surface area contributed by atoms with Gasteiger partial charge in [-0.05, 0) is 12.1 Å². The molecule has 0 aromatic heterocycles. The third kappa shape index (κ3) is 6.83. The molecule has 0 saturated heterocycles. The standard InChI is InChI=1S/C14H18N4O6/c1-9(19)15-6-7-16-12(14(21)22)8-13(20)17-10-2-4-11(5-3-10)18(23)24/h2-5,12,16H,6-8H2,1H3,(H,15,19)(H,17,20)(H,21,22)/t12-/m0/s1. The molecular formula is C14H18N4O6. The molecule has 10 heteroatoms. The van der Waals surface area contributed by atoms with Crippen LogP contribution in [0.5, 0.6) is 0 Å². The average molecular weight is 338 g/mol. The van der Waals surface area contributed by atoms with Gasteiger partial charge < -0.3 is 25.9 Å². The number of amides is 2. The lowest BCUT2D eigenvalue weighted by atomic mass is 10.2. The van der Waals surface area contributed by atoms with E-state index in [1.165, 1.54) is 36.5 Å². The van der Waals surface area contributed by atoms with Gasteiger partial charge in [-0.3, -0.25) is 19.7 Å². The average Bonchev–Trinajstić information content (AvgIpc) is 2.50. The number of hydrogen-bond acceptors (Lipinski definition) is 6. The SMILES string of the molecule is CC(=O)NCC[NH2+][C@@H](CC(=O)Nc1ccc([N+](=O)[O-])cc1)C(=O)[O-]. The Kier molecular flexibility index (Phi) is 7.30. The van der Waals surface area contributed by atoms with Gasteiger partial charge in [0.15, 0.2) is 0 Å². The van der Waals surface area contributed by atoms with Crippen LogP contribution in [0.2, 0.25) is 0 Å². The predicted octanol–water partition coefficient (Wildman–Crippen LogP) is -2.26. The van der Waals surface area contributed by atoms with E-state index in [0.29, 0.717) is 5.69 Å². The molecule has 1 aromatic carbocycles. The van der Waals surface area contributed by atoms with Crippen molar-refractivity contribution in [1.29, 1.82) is 0 Å². The van der Waals surface area contributed by atoms with E-state index in [1.54, 1.807) is 0 Å². The van der Waals surface area contributed by atoms with Gasteiger partial charge in [0, 0.05) is 24.7 Å². The smallest absolute Gasteiger partial charge is 0.269 e. The van der Waals surface area contributed by atoms with E-state index < -0.39 is 22.8 Å². The van der Waals surface area contributed by atoms with E-state index >= 15 is 0 Å². The van der Waals surface area contributed by atoms with Gasteiger partial charge in [0.25, 0.3) is 5.69 Å². The van der Waals surface area contributed by atoms with Crippen molar-refractivity contribution in [3.63, 3.8) is 0 Å². The topological polar surface area (TPSA) is 158 Å². The number of nitrogens with two attached hydrogens (primary N) is 1. The molecule has 0 unspecified atom stereocenters. The Morgan fingerprint density at radius 2 is 1.88 bits per heavy atom. The van der Waals surface area contributed by atoms with E-state index in [2.05, 4.69) is 10.6 Å². The summed E-state index contributed by atoms with van der Waals surface area (Å²) in [6.07, 6.45) is -0.334. The molecule has 2 amide bonds. The zero-order chi connectivity index (χ0) is 18.1. The number of nitrogens with one attached hydrogen (secondary N) is 2. The summed E-state index contributed by atoms with van der Waals surface area (Å²) in [5.74, 6) is -2.19. The third-order valence-electron chi connectivity index (χ3n) is 3.04. The van der Waals surface area contributed by atoms with Crippen LogP contribution in [0.15, 0.2) is 24.3 Å². The lowest BCUT2D eigenvalue weighted by Crippen LogP contribution is -2.94. The van der Waals surface area contributed by atoms with Crippen LogP contribution in [0, 0.1) is 10.1 Å². The summed E-state index contributed by atoms with van der Waals surface area (Å²) in [5.41, 5.74) is 0.202. The van der Waals surface area contributed by atoms with E-state index in [1.807, 2.05) is 0 Å². The van der Waals surface area contributed by atoms with Gasteiger partial charge in [0.2, 0.25) is 11.8 Å². The first kappa shape index (κ1) is 19.0. The maximum atomic E-state index is 11.9. The summed E-state index contributed by atoms with van der Waals surface area (Å²) in [6, 6.07) is 4.06. The molecule has 0 aliphatic heterocycles. The number of carboxylic acids is 1. The first-order valence-corrected chi connectivity index (χ1v) is 7.12. The molecular weight excluding hydrogens is 320 g/mol. The van der Waals surface area contributed by atoms with Gasteiger partial charge in [0.1, 0.15) is 6.04 Å². The highest BCUT2D eigenvalue weighted by atomic mass is 16.6. The molecule has 0 fully saturated rings. The minimum Gasteiger partial charge on any atom is -0.544 e. The molecule has 0 saturated carbocycles. The van der Waals surface area contributed by atoms with E-state index in [9.17, 15) is 29.6 Å². The van der Waals surface area contributed by atoms with Crippen LogP contribution in [0.4, 0.5) is 11.4 Å². The second-order valence-corrected chi connectivity index (χ2v) is 4.99. The molecule has 130 valence electrons. The summed E-state index contributed by atoms with van der Waals surface area (Å²) in [4.78, 5) is 43.6. The fourth-order valence-electron chi connectivity index (χ4n) is 1.87. The number of anilines is 1. The van der Waals surface area contributed by atoms with Gasteiger partial charge >= 0.3 is 0 Å². The van der Waals surface area contributed by atoms with E-state index in [-0.39, 0.29) is 31.1 Å². The number of hydrogen-bond donors (Lipinski definition) is 3. The summed E-state index contributed by atoms with van der Waals surface area (Å²) >= 11 is 0. The Bertz CT molecular complexity index is 616. The number of nitrogens with zero attached hydrogens (tertiary/aromatic N) is 1. The molecule has 0 spiro atoms. The van der Waals surface area contributed by atoms with E-state index in [4.69, 9.17) is 0 Å². The van der Waals surface area contributed by atoms with Crippen LogP contribution in [-0.4, -0.2) is 41.8 Å². The Morgan fingerprint density at radius 3 is 2.38 bits per heavy atom. The summed E-state index contributed by atoms with van der Waals surface area (Å²) < 4.78 is 0. The Labute approximate surface area is 137 Å². The molecule has 0 radical (unpaired) electrons. The van der Waals surface area contributed by atoms with E-state index in [0.717, 1.165) is 0 Å². The highest BCUT2D eigenvalue weighted by molar-refractivity contribution is 5.93. The van der Waals surface area contributed by atoms with Gasteiger partial charge in [0.05, 0.1) is 30.4 Å². The van der Waals surface area contributed by atoms with Gasteiger partial charge in [-0.1, -0.05) is 0 Å². The predicted molar refractivity (Wildman–Crippen MR) is 80.6 cm³/mol. The Morgan fingerprint density at radius 1 is 1.25 bits per heavy atom. The first-order valence-electron chi connectivity index (χ1n) is 7.12. The molecule has 1 rings (SSSR count). The molecule has 1 atom stereocenters. The number of rotatable bonds is 9. The Balaban J connectivity index is 2.51. The minimum absolute atomic E-state index is 0.119. The minimum atomic E-state index is -1.39. The summed E-state index contributed by atoms with van der Waals surface area (Å²) in [5, 5.41) is 27.9. The highest BCUT2D eigenvalue weighted by Gasteiger charge is 2.18. The number of carbonyl (C=O) groups excluding carboxylic acids is 3. The third-order valence-corrected chi connectivity index (χ3v) is 3.04. The number of non-ortho nitro benzene ring substituents is 1. The van der Waals surface area contributed by atoms with Crippen molar-refractivity contribution in [3.05, 3.63) is 34.4 Å². The Hall–Kier alpha value is -3.01. The first-order chi connectivity index (χ1) is 11.3. The van der Waals surface area contributed by atoms with Crippen molar-refractivity contribution in [3.8, 4) is 0 Å². The van der Waals surface area contributed by atoms with Gasteiger partial charge in [-0.15, -0.1) is 0 Å². The van der Waals surface area contributed by atoms with Crippen LogP contribution in [0.3, 0.4) is 0 Å². The number of carbonyl (C=O) groups is 3. The van der Waals surface area contributed by atoms with Gasteiger partial charge in [-0.2, -0.15) is 0 Å². The quantitative estimate of drug-likeness (QED) is 0.262. The van der Waals surface area contributed by atoms with Crippen LogP contribution < -0.4 is 21.1 Å². The molecule has 4 N–H and O–H groups in total. The van der Waals surface area contributed by atoms with Crippen LogP contribution >= 0.6 is 0 Å². The zero-order valence-corrected chi connectivity index (χ0v) is 13.0. The molecule has 10 nitrogen and oxygen atoms in total. The normalized spacial score (nSPS) is 11.4. The number of nitro benzene ring substituents is 1. The fourth-order valence-corrected chi connectivity index (χ4v) is 1.87. The van der Waals surface area contributed by atoms with Crippen LogP contribution in [0.1, 0.15) is 13.3 Å². The number of quaternary nitrogens is 1. The number of carboxylic acid groups (broad SMARTS) is 1. The van der Waals surface area contributed by atoms with Crippen LogP contribution in [0.25, 0.3) is 0 Å². The van der Waals surface area contributed by atoms with Crippen molar-refractivity contribution in [2.45, 2.75) is 19.4 Å². The lowest BCUT2D eigenvalue weighted by molar-refractivity contribution is -0.680. The second kappa shape index (κ2) is 9.20. The monoisotopic (exact) mass is 338 g/mol. The largest absolute Gasteiger partial charge is 0.544 e. The number of aliphatic carboxylic acids is 1. The molecule has 0 bridgehead atoms. The van der Waals surface area contributed by atoms with Crippen molar-refractivity contribution < 1.29 is 29.7 Å². The zero-order valence-electron chi connectivity index (χ0n) is 13.0. The molecule has 0 aliphatic rings. The lowest BCUT2D eigenvalue weighted by Gasteiger charge is -2.16. The number of nitro groups is 1. The van der Waals surface area contributed by atoms with Crippen molar-refractivity contribution in [2.24, 2.45) is 0 Å². The second-order valence-electron chi connectivity index (χ2n) is 4.99. The maximum Gasteiger partial charge on any atom is 0.269 e. The highest BCUT2D eigenvalue weighted by Crippen LogP contribution is 2.15. The summed E-state index contributed by atoms with van der Waals surface area (Å²) in [6.45, 7) is 1.89. The molecule has 0 aliphatic carbocycles. The molecule has 0 heterocycles. The van der Waals surface area contributed by atoms with Crippen LogP contribution in [-0.2, 0) is 14.4 Å². The van der Waals surface area contributed by atoms with Gasteiger partial charge in [-0.25, -0.2) is 0 Å². The molecule has 24 heavy (non-hydrogen) atoms. The summed E-state index contributed by atoms with van der Waals surface area (Å²) in [7, 11) is 0. The maximum absolute atomic E-state index is 11.9. The van der Waals surface area contributed by atoms with Crippen molar-refractivity contribution >= 4 is 29.2 Å². The number of benzene rings is 1. The van der Waals surface area contributed by atoms with Crippen molar-refractivity contribution in [2.75, 3.05) is 18.4 Å². The fraction of sp³-hybridized carbons (Fsp3) is 0.357. The molecule has 1 aromatic rings.